The maximum absolute atomic E-state index is 15.6. The first-order valence-electron chi connectivity index (χ1n) is 15.5. The molecular weight excluding hydrogens is 620 g/mol. The van der Waals surface area contributed by atoms with Crippen LogP contribution in [-0.2, 0) is 11.8 Å². The van der Waals surface area contributed by atoms with Gasteiger partial charge in [-0.3, -0.25) is 0 Å². The third kappa shape index (κ3) is 3.14. The standard InChI is InChI=1S/C41H21F6N/c42-39(43)37-29-18-16-23(22-8-2-1-3-9-22)20-31(29)32-21-24(17-19-30(32)38(37)40(44,45)41(39,46)47)48-33-14-6-12-27-25-10-4-5-11-26(25)28-13-7-15-34(48)36(28)35(27)33/h1-21H. The number of hydrogen-bond donors (Lipinski definition) is 0. The minimum absolute atomic E-state index is 0.188. The highest BCUT2D eigenvalue weighted by Gasteiger charge is 2.80. The Kier molecular flexibility index (Phi) is 5.09. The van der Waals surface area contributed by atoms with Crippen molar-refractivity contribution >= 4 is 64.9 Å². The van der Waals surface area contributed by atoms with Crippen LogP contribution in [0.2, 0.25) is 0 Å². The molecule has 0 atom stereocenters. The molecule has 0 bridgehead atoms. The van der Waals surface area contributed by atoms with Gasteiger partial charge in [-0.25, -0.2) is 0 Å². The van der Waals surface area contributed by atoms with Gasteiger partial charge in [0.15, 0.2) is 0 Å². The summed E-state index contributed by atoms with van der Waals surface area (Å²) in [6.45, 7) is 0. The lowest BCUT2D eigenvalue weighted by Crippen LogP contribution is -2.43. The second-order valence-electron chi connectivity index (χ2n) is 12.6. The summed E-state index contributed by atoms with van der Waals surface area (Å²) in [5, 5.41) is 6.13. The number of halogens is 6. The molecule has 1 aromatic heterocycles. The number of alkyl halides is 6. The Balaban J connectivity index is 1.36. The first kappa shape index (κ1) is 27.5. The lowest BCUT2D eigenvalue weighted by molar-refractivity contribution is -0.301. The van der Waals surface area contributed by atoms with Gasteiger partial charge in [-0.1, -0.05) is 97.1 Å². The van der Waals surface area contributed by atoms with Crippen LogP contribution in [0.3, 0.4) is 0 Å². The van der Waals surface area contributed by atoms with Gasteiger partial charge < -0.3 is 4.57 Å². The van der Waals surface area contributed by atoms with Gasteiger partial charge in [0.05, 0.1) is 11.0 Å². The van der Waals surface area contributed by atoms with E-state index in [0.29, 0.717) is 11.3 Å². The molecule has 232 valence electrons. The highest BCUT2D eigenvalue weighted by Crippen LogP contribution is 2.66. The van der Waals surface area contributed by atoms with Gasteiger partial charge in [0.2, 0.25) is 0 Å². The van der Waals surface area contributed by atoms with E-state index in [1.807, 2.05) is 71.3 Å². The summed E-state index contributed by atoms with van der Waals surface area (Å²) in [5.41, 5.74) is 1.12. The van der Waals surface area contributed by atoms with Gasteiger partial charge in [0, 0.05) is 27.6 Å². The Morgan fingerprint density at radius 3 is 1.46 bits per heavy atom. The Hall–Kier alpha value is -5.56. The molecule has 7 heteroatoms. The maximum atomic E-state index is 15.6. The first-order valence-corrected chi connectivity index (χ1v) is 15.5. The molecule has 48 heavy (non-hydrogen) atoms. The van der Waals surface area contributed by atoms with Crippen LogP contribution < -0.4 is 0 Å². The smallest absolute Gasteiger partial charge is 0.309 e. The molecule has 0 radical (unpaired) electrons. The van der Waals surface area contributed by atoms with E-state index >= 15 is 26.3 Å². The Morgan fingerprint density at radius 2 is 0.875 bits per heavy atom. The molecule has 0 N–H and O–H groups in total. The molecule has 8 aromatic carbocycles. The molecular formula is C41H21F6N. The summed E-state index contributed by atoms with van der Waals surface area (Å²) in [5.74, 6) is -15.8. The number of benzene rings is 8. The van der Waals surface area contributed by atoms with Gasteiger partial charge in [0.25, 0.3) is 0 Å². The van der Waals surface area contributed by atoms with Gasteiger partial charge >= 0.3 is 17.8 Å². The van der Waals surface area contributed by atoms with Gasteiger partial charge in [-0.2, -0.15) is 26.3 Å². The van der Waals surface area contributed by atoms with Gasteiger partial charge in [-0.05, 0) is 84.5 Å². The predicted octanol–water partition coefficient (Wildman–Crippen LogP) is 12.3. The zero-order valence-electron chi connectivity index (χ0n) is 24.8. The van der Waals surface area contributed by atoms with Crippen LogP contribution in [-0.4, -0.2) is 10.5 Å². The Labute approximate surface area is 268 Å². The number of fused-ring (bicyclic) bond motifs is 9. The molecule has 10 rings (SSSR count). The second-order valence-corrected chi connectivity index (χ2v) is 12.6. The molecule has 0 spiro atoms. The van der Waals surface area contributed by atoms with E-state index in [9.17, 15) is 0 Å². The van der Waals surface area contributed by atoms with E-state index in [-0.39, 0.29) is 21.5 Å². The molecule has 0 unspecified atom stereocenters. The van der Waals surface area contributed by atoms with Crippen molar-refractivity contribution < 1.29 is 26.3 Å². The highest BCUT2D eigenvalue weighted by molar-refractivity contribution is 6.34. The van der Waals surface area contributed by atoms with Crippen LogP contribution in [0.25, 0.3) is 81.7 Å². The van der Waals surface area contributed by atoms with E-state index in [1.54, 1.807) is 18.2 Å². The average Bonchev–Trinajstić information content (AvgIpc) is 3.50. The van der Waals surface area contributed by atoms with Crippen LogP contribution in [0.1, 0.15) is 11.1 Å². The number of nitrogens with zero attached hydrogens (tertiary/aromatic N) is 1. The number of rotatable bonds is 2. The van der Waals surface area contributed by atoms with Crippen LogP contribution in [0.5, 0.6) is 0 Å². The summed E-state index contributed by atoms with van der Waals surface area (Å²) >= 11 is 0. The molecule has 0 saturated carbocycles. The Bertz CT molecular complexity index is 2730. The average molecular weight is 642 g/mol. The lowest BCUT2D eigenvalue weighted by Gasteiger charge is -2.23. The molecule has 0 aliphatic heterocycles. The summed E-state index contributed by atoms with van der Waals surface area (Å²) in [7, 11) is 0. The van der Waals surface area contributed by atoms with Crippen molar-refractivity contribution in [3.05, 3.63) is 139 Å². The third-order valence-corrected chi connectivity index (χ3v) is 10.2. The van der Waals surface area contributed by atoms with Crippen molar-refractivity contribution in [3.63, 3.8) is 0 Å². The van der Waals surface area contributed by atoms with Crippen molar-refractivity contribution in [1.82, 2.24) is 4.57 Å². The third-order valence-electron chi connectivity index (χ3n) is 10.2. The van der Waals surface area contributed by atoms with Crippen molar-refractivity contribution in [2.75, 3.05) is 0 Å². The molecule has 1 aliphatic rings. The van der Waals surface area contributed by atoms with Crippen LogP contribution in [0, 0.1) is 0 Å². The summed E-state index contributed by atoms with van der Waals surface area (Å²) in [4.78, 5) is 0. The summed E-state index contributed by atoms with van der Waals surface area (Å²) < 4.78 is 94.3. The predicted molar refractivity (Wildman–Crippen MR) is 180 cm³/mol. The SMILES string of the molecule is FC1(F)c2c(c3ccc(-n4c5cccc6c7ccccc7c7cccc4c7c65)cc3c3cc(-c4ccccc4)ccc23)C(F)(F)C1(F)F. The minimum atomic E-state index is -5.61. The van der Waals surface area contributed by atoms with Crippen LogP contribution in [0.4, 0.5) is 26.3 Å². The van der Waals surface area contributed by atoms with Gasteiger partial charge in [-0.15, -0.1) is 0 Å². The monoisotopic (exact) mass is 641 g/mol. The van der Waals surface area contributed by atoms with Gasteiger partial charge in [0.1, 0.15) is 0 Å². The quantitative estimate of drug-likeness (QED) is 0.131. The zero-order chi connectivity index (χ0) is 32.7. The second kappa shape index (κ2) is 8.86. The first-order chi connectivity index (χ1) is 23.1. The molecule has 1 heterocycles. The normalized spacial score (nSPS) is 16.6. The van der Waals surface area contributed by atoms with Crippen molar-refractivity contribution in [3.8, 4) is 16.8 Å². The van der Waals surface area contributed by atoms with E-state index in [4.69, 9.17) is 0 Å². The molecule has 0 saturated heterocycles. The van der Waals surface area contributed by atoms with E-state index in [2.05, 4.69) is 24.3 Å². The number of hydrogen-bond acceptors (Lipinski definition) is 0. The van der Waals surface area contributed by atoms with Crippen molar-refractivity contribution in [1.29, 1.82) is 0 Å². The fraction of sp³-hybridized carbons (Fsp3) is 0.0732. The van der Waals surface area contributed by atoms with Crippen LogP contribution >= 0.6 is 0 Å². The van der Waals surface area contributed by atoms with Crippen molar-refractivity contribution in [2.24, 2.45) is 0 Å². The largest absolute Gasteiger partial charge is 0.380 e. The highest BCUT2D eigenvalue weighted by atomic mass is 19.3. The lowest BCUT2D eigenvalue weighted by atomic mass is 9.89. The van der Waals surface area contributed by atoms with Crippen molar-refractivity contribution in [2.45, 2.75) is 17.8 Å². The minimum Gasteiger partial charge on any atom is -0.309 e. The number of aromatic nitrogens is 1. The summed E-state index contributed by atoms with van der Waals surface area (Å²) in [6, 6.07) is 38.3. The van der Waals surface area contributed by atoms with E-state index in [1.165, 1.54) is 18.2 Å². The Morgan fingerprint density at radius 1 is 0.375 bits per heavy atom. The fourth-order valence-corrected chi connectivity index (χ4v) is 8.13. The zero-order valence-corrected chi connectivity index (χ0v) is 24.8. The molecule has 1 aliphatic carbocycles. The fourth-order valence-electron chi connectivity index (χ4n) is 8.13. The molecule has 9 aromatic rings. The summed E-state index contributed by atoms with van der Waals surface area (Å²) in [6.07, 6.45) is 0. The van der Waals surface area contributed by atoms with E-state index < -0.39 is 28.9 Å². The topological polar surface area (TPSA) is 4.93 Å². The maximum Gasteiger partial charge on any atom is 0.380 e. The molecule has 1 nitrogen and oxygen atoms in total. The molecule has 0 amide bonds. The van der Waals surface area contributed by atoms with E-state index in [0.717, 1.165) is 48.9 Å². The van der Waals surface area contributed by atoms with Crippen LogP contribution in [0.15, 0.2) is 127 Å². The molecule has 0 fully saturated rings.